The van der Waals surface area contributed by atoms with E-state index in [1.165, 1.54) is 64.4 Å². The number of piperidine rings is 2. The highest BCUT2D eigenvalue weighted by atomic mass is 16.5. The number of hydrogen-bond donors (Lipinski definition) is 1. The first-order chi connectivity index (χ1) is 13.3. The minimum atomic E-state index is 0.375. The molecule has 4 heteroatoms. The standard InChI is InChI=1S/C19H26N2.C2H4O2.C2H6/c1-2-6-14-12-21-10-9-16-15-7-3-4-8-17(15)20-19(16)18(21)11-13(14)5-1;1-4-2-3;1-2/h3-4,7-8,13-14,16,18-20H,1-2,5-6,9-12H2;2H,1H3;1-2H3. The van der Waals surface area contributed by atoms with Gasteiger partial charge in [-0.2, -0.15) is 0 Å². The summed E-state index contributed by atoms with van der Waals surface area (Å²) in [6.45, 7) is 7.08. The molecule has 2 saturated heterocycles. The maximum atomic E-state index is 8.95. The second-order valence-corrected chi connectivity index (χ2v) is 8.09. The van der Waals surface area contributed by atoms with E-state index in [4.69, 9.17) is 4.79 Å². The number of ether oxygens (including phenoxy) is 1. The van der Waals surface area contributed by atoms with E-state index < -0.39 is 0 Å². The molecule has 1 aromatic carbocycles. The van der Waals surface area contributed by atoms with Crippen molar-refractivity contribution in [1.82, 2.24) is 4.90 Å². The minimum absolute atomic E-state index is 0.375. The SMILES string of the molecule is CC.COC=O.c1ccc2c(c1)NC1C2CCN2CC3CCCCC3CC12. The molecule has 0 aromatic heterocycles. The van der Waals surface area contributed by atoms with Crippen molar-refractivity contribution in [2.75, 3.05) is 25.5 Å². The lowest BCUT2D eigenvalue weighted by Crippen LogP contribution is -2.58. The van der Waals surface area contributed by atoms with Crippen molar-refractivity contribution in [3.05, 3.63) is 29.8 Å². The summed E-state index contributed by atoms with van der Waals surface area (Å²) in [5, 5.41) is 3.89. The quantitative estimate of drug-likeness (QED) is 0.728. The van der Waals surface area contributed by atoms with Crippen molar-refractivity contribution in [2.24, 2.45) is 11.8 Å². The number of nitrogens with one attached hydrogen (secondary N) is 1. The predicted molar refractivity (Wildman–Crippen MR) is 111 cm³/mol. The summed E-state index contributed by atoms with van der Waals surface area (Å²) in [6, 6.07) is 10.5. The van der Waals surface area contributed by atoms with Gasteiger partial charge in [-0.05, 0) is 49.3 Å². The lowest BCUT2D eigenvalue weighted by molar-refractivity contribution is -0.126. The Morgan fingerprint density at radius 1 is 1.11 bits per heavy atom. The summed E-state index contributed by atoms with van der Waals surface area (Å²) >= 11 is 0. The van der Waals surface area contributed by atoms with Crippen LogP contribution in [0.1, 0.15) is 63.9 Å². The summed E-state index contributed by atoms with van der Waals surface area (Å²) in [4.78, 5) is 11.8. The highest BCUT2D eigenvalue weighted by molar-refractivity contribution is 5.60. The van der Waals surface area contributed by atoms with Crippen LogP contribution in [0.15, 0.2) is 24.3 Å². The van der Waals surface area contributed by atoms with Gasteiger partial charge < -0.3 is 10.1 Å². The Balaban J connectivity index is 0.000000314. The first-order valence-electron chi connectivity index (χ1n) is 10.9. The third kappa shape index (κ3) is 4.16. The van der Waals surface area contributed by atoms with Crippen LogP contribution in [0.4, 0.5) is 5.69 Å². The molecule has 150 valence electrons. The fourth-order valence-corrected chi connectivity index (χ4v) is 5.79. The van der Waals surface area contributed by atoms with Gasteiger partial charge in [0.15, 0.2) is 0 Å². The second-order valence-electron chi connectivity index (χ2n) is 8.09. The molecular formula is C23H36N2O2. The molecule has 5 rings (SSSR count). The van der Waals surface area contributed by atoms with E-state index in [2.05, 4.69) is 39.2 Å². The van der Waals surface area contributed by atoms with Crippen LogP contribution in [0.2, 0.25) is 0 Å². The summed E-state index contributed by atoms with van der Waals surface area (Å²) in [5.74, 6) is 2.79. The molecule has 1 aromatic rings. The molecule has 1 N–H and O–H groups in total. The molecule has 1 aliphatic carbocycles. The topological polar surface area (TPSA) is 41.6 Å². The third-order valence-electron chi connectivity index (χ3n) is 6.90. The number of carbonyl (C=O) groups is 1. The van der Waals surface area contributed by atoms with Crippen molar-refractivity contribution in [3.63, 3.8) is 0 Å². The Morgan fingerprint density at radius 3 is 2.56 bits per heavy atom. The average molecular weight is 373 g/mol. The Labute approximate surface area is 164 Å². The number of nitrogens with zero attached hydrogens (tertiary/aromatic N) is 1. The first kappa shape index (κ1) is 20.2. The number of hydrogen-bond acceptors (Lipinski definition) is 4. The Morgan fingerprint density at radius 2 is 1.81 bits per heavy atom. The van der Waals surface area contributed by atoms with Crippen LogP contribution in [0.3, 0.4) is 0 Å². The van der Waals surface area contributed by atoms with Gasteiger partial charge in [0.2, 0.25) is 0 Å². The number of carbonyl (C=O) groups excluding carboxylic acids is 1. The maximum absolute atomic E-state index is 8.95. The largest absolute Gasteiger partial charge is 0.471 e. The zero-order valence-corrected chi connectivity index (χ0v) is 17.2. The van der Waals surface area contributed by atoms with E-state index in [0.29, 0.717) is 12.5 Å². The third-order valence-corrected chi connectivity index (χ3v) is 6.90. The summed E-state index contributed by atoms with van der Waals surface area (Å²) in [6.07, 6.45) is 8.76. The summed E-state index contributed by atoms with van der Waals surface area (Å²) in [5.41, 5.74) is 3.01. The van der Waals surface area contributed by atoms with Crippen LogP contribution < -0.4 is 5.32 Å². The van der Waals surface area contributed by atoms with E-state index >= 15 is 0 Å². The predicted octanol–water partition coefficient (Wildman–Crippen LogP) is 4.66. The lowest BCUT2D eigenvalue weighted by atomic mass is 9.69. The molecule has 0 radical (unpaired) electrons. The van der Waals surface area contributed by atoms with Crippen LogP contribution >= 0.6 is 0 Å². The van der Waals surface area contributed by atoms with E-state index in [1.807, 2.05) is 13.8 Å². The lowest BCUT2D eigenvalue weighted by Gasteiger charge is -2.52. The van der Waals surface area contributed by atoms with Crippen molar-refractivity contribution < 1.29 is 9.53 Å². The van der Waals surface area contributed by atoms with Gasteiger partial charge in [0.25, 0.3) is 6.47 Å². The van der Waals surface area contributed by atoms with Crippen molar-refractivity contribution in [3.8, 4) is 0 Å². The molecule has 3 heterocycles. The van der Waals surface area contributed by atoms with Gasteiger partial charge in [-0.25, -0.2) is 0 Å². The van der Waals surface area contributed by atoms with Crippen LogP contribution in [-0.4, -0.2) is 43.7 Å². The van der Waals surface area contributed by atoms with E-state index in [1.54, 1.807) is 5.56 Å². The van der Waals surface area contributed by atoms with Crippen molar-refractivity contribution >= 4 is 12.2 Å². The van der Waals surface area contributed by atoms with Gasteiger partial charge in [-0.3, -0.25) is 9.69 Å². The summed E-state index contributed by atoms with van der Waals surface area (Å²) in [7, 11) is 1.31. The zero-order chi connectivity index (χ0) is 19.2. The van der Waals surface area contributed by atoms with Gasteiger partial charge in [-0.1, -0.05) is 51.3 Å². The van der Waals surface area contributed by atoms with Crippen LogP contribution in [0.25, 0.3) is 0 Å². The van der Waals surface area contributed by atoms with Crippen molar-refractivity contribution in [2.45, 2.75) is 70.4 Å². The molecule has 3 fully saturated rings. The normalized spacial score (nSPS) is 33.2. The van der Waals surface area contributed by atoms with Gasteiger partial charge >= 0.3 is 0 Å². The van der Waals surface area contributed by atoms with Crippen molar-refractivity contribution in [1.29, 1.82) is 0 Å². The molecule has 5 atom stereocenters. The average Bonchev–Trinajstić information content (AvgIpc) is 3.13. The van der Waals surface area contributed by atoms with E-state index in [0.717, 1.165) is 23.8 Å². The highest BCUT2D eigenvalue weighted by Gasteiger charge is 2.47. The van der Waals surface area contributed by atoms with Gasteiger partial charge in [0.1, 0.15) is 0 Å². The molecule has 3 aliphatic heterocycles. The number of methoxy groups -OCH3 is 1. The molecule has 4 aliphatic rings. The number of anilines is 1. The zero-order valence-electron chi connectivity index (χ0n) is 17.2. The maximum Gasteiger partial charge on any atom is 0.292 e. The summed E-state index contributed by atoms with van der Waals surface area (Å²) < 4.78 is 3.86. The molecule has 0 amide bonds. The van der Waals surface area contributed by atoms with E-state index in [9.17, 15) is 0 Å². The number of fused-ring (bicyclic) bond motifs is 6. The Hall–Kier alpha value is -1.55. The first-order valence-corrected chi connectivity index (χ1v) is 10.9. The highest BCUT2D eigenvalue weighted by Crippen LogP contribution is 2.48. The van der Waals surface area contributed by atoms with Gasteiger partial charge in [0.05, 0.1) is 7.11 Å². The monoisotopic (exact) mass is 372 g/mol. The second kappa shape index (κ2) is 9.59. The number of benzene rings is 1. The molecule has 0 bridgehead atoms. The molecule has 0 spiro atoms. The minimum Gasteiger partial charge on any atom is -0.471 e. The smallest absolute Gasteiger partial charge is 0.292 e. The Bertz CT molecular complexity index is 606. The molecule has 1 saturated carbocycles. The molecule has 4 nitrogen and oxygen atoms in total. The number of para-hydroxylation sites is 1. The van der Waals surface area contributed by atoms with Crippen LogP contribution in [0.5, 0.6) is 0 Å². The van der Waals surface area contributed by atoms with Crippen LogP contribution in [-0.2, 0) is 9.53 Å². The van der Waals surface area contributed by atoms with Gasteiger partial charge in [0, 0.05) is 30.2 Å². The number of rotatable bonds is 1. The molecule has 5 unspecified atom stereocenters. The fourth-order valence-electron chi connectivity index (χ4n) is 5.79. The van der Waals surface area contributed by atoms with Crippen LogP contribution in [0, 0.1) is 11.8 Å². The molecule has 27 heavy (non-hydrogen) atoms. The van der Waals surface area contributed by atoms with Gasteiger partial charge in [-0.15, -0.1) is 0 Å². The van der Waals surface area contributed by atoms with E-state index in [-0.39, 0.29) is 0 Å². The molecular weight excluding hydrogens is 336 g/mol. The Kier molecular flexibility index (Phi) is 7.17. The fraction of sp³-hybridized carbons (Fsp3) is 0.696.